The summed E-state index contributed by atoms with van der Waals surface area (Å²) >= 11 is 0. The second-order valence-electron chi connectivity index (χ2n) is 9.82. The number of ether oxygens (including phenoxy) is 1. The standard InChI is InChI=1S/C27H27F4NO2/c1-15-25-21(20-6-3-7-24(28)22(20)13-23(25)26(33)34-15)11-10-19-9-8-17(14-32-19)16-4-2-5-18(12-16)27(29,30)31/h2,4-5,8-12,14-15,20-25H,3,6-7,13H2,1H3/b11-10+/t15?,20?,21-,22?,23?,24?,25?/m0/s1. The first-order valence-corrected chi connectivity index (χ1v) is 11.9. The predicted octanol–water partition coefficient (Wildman–Crippen LogP) is 6.73. The normalized spacial score (nSPS) is 33.4. The van der Waals surface area contributed by atoms with Crippen LogP contribution in [0.1, 0.15) is 43.9 Å². The van der Waals surface area contributed by atoms with Gasteiger partial charge in [0.25, 0.3) is 0 Å². The molecular formula is C27H27F4NO2. The van der Waals surface area contributed by atoms with Crippen LogP contribution in [0.2, 0.25) is 0 Å². The highest BCUT2D eigenvalue weighted by Gasteiger charge is 2.55. The highest BCUT2D eigenvalue weighted by Crippen LogP contribution is 2.54. The molecule has 2 saturated carbocycles. The number of cyclic esters (lactones) is 1. The van der Waals surface area contributed by atoms with Crippen LogP contribution >= 0.6 is 0 Å². The zero-order valence-electron chi connectivity index (χ0n) is 18.8. The minimum atomic E-state index is -4.40. The monoisotopic (exact) mass is 473 g/mol. The lowest BCUT2D eigenvalue weighted by molar-refractivity contribution is -0.144. The van der Waals surface area contributed by atoms with Gasteiger partial charge in [-0.05, 0) is 73.8 Å². The first kappa shape index (κ1) is 23.1. The Morgan fingerprint density at radius 1 is 1.09 bits per heavy atom. The fourth-order valence-electron chi connectivity index (χ4n) is 6.32. The van der Waals surface area contributed by atoms with Crippen molar-refractivity contribution in [1.29, 1.82) is 0 Å². The number of carbonyl (C=O) groups is 1. The van der Waals surface area contributed by atoms with Gasteiger partial charge in [-0.25, -0.2) is 4.39 Å². The van der Waals surface area contributed by atoms with E-state index in [-0.39, 0.29) is 41.7 Å². The van der Waals surface area contributed by atoms with E-state index in [0.717, 1.165) is 25.0 Å². The minimum absolute atomic E-state index is 0.0219. The van der Waals surface area contributed by atoms with Crippen LogP contribution in [0.4, 0.5) is 17.6 Å². The van der Waals surface area contributed by atoms with Crippen molar-refractivity contribution in [3.8, 4) is 11.1 Å². The molecular weight excluding hydrogens is 446 g/mol. The topological polar surface area (TPSA) is 39.2 Å². The second kappa shape index (κ2) is 8.82. The Morgan fingerprint density at radius 3 is 2.65 bits per heavy atom. The second-order valence-corrected chi connectivity index (χ2v) is 9.82. The summed E-state index contributed by atoms with van der Waals surface area (Å²) < 4.78 is 59.4. The van der Waals surface area contributed by atoms with E-state index in [1.807, 2.05) is 13.0 Å². The van der Waals surface area contributed by atoms with Crippen LogP contribution in [0.15, 0.2) is 48.7 Å². The first-order chi connectivity index (χ1) is 16.2. The quantitative estimate of drug-likeness (QED) is 0.366. The average molecular weight is 474 g/mol. The Kier molecular flexibility index (Phi) is 5.98. The van der Waals surface area contributed by atoms with Crippen LogP contribution in [0, 0.1) is 29.6 Å². The Balaban J connectivity index is 1.39. The third-order valence-electron chi connectivity index (χ3n) is 7.91. The number of pyridine rings is 1. The van der Waals surface area contributed by atoms with Crippen LogP contribution in [0.5, 0.6) is 0 Å². The number of carbonyl (C=O) groups excluding carboxylic acids is 1. The third-order valence-corrected chi connectivity index (χ3v) is 7.91. The number of aromatic nitrogens is 1. The summed E-state index contributed by atoms with van der Waals surface area (Å²) in [6.45, 7) is 1.92. The third kappa shape index (κ3) is 4.25. The number of alkyl halides is 4. The molecule has 1 saturated heterocycles. The highest BCUT2D eigenvalue weighted by atomic mass is 19.4. The van der Waals surface area contributed by atoms with Gasteiger partial charge in [0.2, 0.25) is 0 Å². The first-order valence-electron chi connectivity index (χ1n) is 11.9. The molecule has 1 aromatic carbocycles. The summed E-state index contributed by atoms with van der Waals surface area (Å²) in [5.74, 6) is -0.385. The summed E-state index contributed by atoms with van der Waals surface area (Å²) in [7, 11) is 0. The van der Waals surface area contributed by atoms with Crippen molar-refractivity contribution in [2.45, 2.75) is 51.1 Å². The van der Waals surface area contributed by atoms with Gasteiger partial charge in [0.1, 0.15) is 12.3 Å². The molecule has 7 atom stereocenters. The van der Waals surface area contributed by atoms with Crippen LogP contribution in [-0.2, 0) is 15.7 Å². The summed E-state index contributed by atoms with van der Waals surface area (Å²) in [5, 5.41) is 0. The van der Waals surface area contributed by atoms with Gasteiger partial charge in [-0.2, -0.15) is 13.2 Å². The van der Waals surface area contributed by atoms with E-state index in [0.29, 0.717) is 29.7 Å². The largest absolute Gasteiger partial charge is 0.462 e. The fraction of sp³-hybridized carbons (Fsp3) is 0.481. The molecule has 2 aliphatic carbocycles. The average Bonchev–Trinajstić information content (AvgIpc) is 3.10. The molecule has 1 aromatic heterocycles. The number of hydrogen-bond donors (Lipinski definition) is 0. The zero-order valence-corrected chi connectivity index (χ0v) is 18.8. The van der Waals surface area contributed by atoms with Crippen molar-refractivity contribution in [2.24, 2.45) is 29.6 Å². The molecule has 1 aliphatic heterocycles. The molecule has 5 rings (SSSR count). The predicted molar refractivity (Wildman–Crippen MR) is 120 cm³/mol. The van der Waals surface area contributed by atoms with Crippen LogP contribution in [-0.4, -0.2) is 23.2 Å². The summed E-state index contributed by atoms with van der Waals surface area (Å²) in [6.07, 6.45) is 2.91. The van der Waals surface area contributed by atoms with E-state index in [1.165, 1.54) is 6.07 Å². The van der Waals surface area contributed by atoms with E-state index in [2.05, 4.69) is 11.1 Å². The van der Waals surface area contributed by atoms with E-state index in [1.54, 1.807) is 24.4 Å². The van der Waals surface area contributed by atoms with Gasteiger partial charge < -0.3 is 4.74 Å². The maximum Gasteiger partial charge on any atom is 0.416 e. The number of hydrogen-bond acceptors (Lipinski definition) is 3. The van der Waals surface area contributed by atoms with Crippen molar-refractivity contribution in [1.82, 2.24) is 4.98 Å². The maximum atomic E-state index is 14.8. The molecule has 3 fully saturated rings. The molecule has 3 nitrogen and oxygen atoms in total. The number of benzene rings is 1. The lowest BCUT2D eigenvalue weighted by atomic mass is 9.57. The van der Waals surface area contributed by atoms with Crippen molar-refractivity contribution >= 4 is 12.0 Å². The molecule has 0 N–H and O–H groups in total. The van der Waals surface area contributed by atoms with Gasteiger partial charge in [0.15, 0.2) is 0 Å². The van der Waals surface area contributed by atoms with Gasteiger partial charge in [-0.3, -0.25) is 9.78 Å². The van der Waals surface area contributed by atoms with Gasteiger partial charge in [-0.15, -0.1) is 0 Å². The number of halogens is 4. The SMILES string of the molecule is CC1OC(=O)C2CC3C(F)CCCC3[C@H](/C=C/c3ccc(-c4cccc(C(F)(F)F)c4)cn3)C12. The molecule has 0 amide bonds. The Hall–Kier alpha value is -2.70. The van der Waals surface area contributed by atoms with Crippen molar-refractivity contribution < 1.29 is 27.1 Å². The number of esters is 1. The molecule has 2 heterocycles. The summed E-state index contributed by atoms with van der Waals surface area (Å²) in [5.41, 5.74) is 1.01. The number of fused-ring (bicyclic) bond motifs is 2. The van der Waals surface area contributed by atoms with Crippen LogP contribution in [0.25, 0.3) is 17.2 Å². The molecule has 180 valence electrons. The number of allylic oxidation sites excluding steroid dienone is 1. The number of nitrogens with zero attached hydrogens (tertiary/aromatic N) is 1. The van der Waals surface area contributed by atoms with Gasteiger partial charge in [-0.1, -0.05) is 30.7 Å². The van der Waals surface area contributed by atoms with Crippen molar-refractivity contribution in [3.63, 3.8) is 0 Å². The van der Waals surface area contributed by atoms with Crippen molar-refractivity contribution in [2.75, 3.05) is 0 Å². The molecule has 0 spiro atoms. The molecule has 6 unspecified atom stereocenters. The highest BCUT2D eigenvalue weighted by molar-refractivity contribution is 5.75. The molecule has 34 heavy (non-hydrogen) atoms. The Labute approximate surface area is 196 Å². The van der Waals surface area contributed by atoms with E-state index in [9.17, 15) is 22.4 Å². The summed E-state index contributed by atoms with van der Waals surface area (Å²) in [6, 6.07) is 8.68. The lowest BCUT2D eigenvalue weighted by Crippen LogP contribution is -2.46. The van der Waals surface area contributed by atoms with Gasteiger partial charge in [0.05, 0.1) is 17.2 Å². The van der Waals surface area contributed by atoms with Crippen LogP contribution < -0.4 is 0 Å². The number of rotatable bonds is 3. The molecule has 3 aliphatic rings. The minimum Gasteiger partial charge on any atom is -0.462 e. The Morgan fingerprint density at radius 2 is 1.91 bits per heavy atom. The molecule has 2 aromatic rings. The zero-order chi connectivity index (χ0) is 24.0. The van der Waals surface area contributed by atoms with Gasteiger partial charge >= 0.3 is 12.1 Å². The lowest BCUT2D eigenvalue weighted by Gasteiger charge is -2.47. The van der Waals surface area contributed by atoms with E-state index in [4.69, 9.17) is 4.74 Å². The van der Waals surface area contributed by atoms with Gasteiger partial charge in [0, 0.05) is 17.7 Å². The molecule has 0 radical (unpaired) electrons. The molecule has 7 heteroatoms. The van der Waals surface area contributed by atoms with E-state index < -0.39 is 17.9 Å². The summed E-state index contributed by atoms with van der Waals surface area (Å²) in [4.78, 5) is 16.9. The van der Waals surface area contributed by atoms with E-state index >= 15 is 0 Å². The Bertz CT molecular complexity index is 1080. The van der Waals surface area contributed by atoms with Crippen molar-refractivity contribution in [3.05, 3.63) is 59.9 Å². The fourth-order valence-corrected chi connectivity index (χ4v) is 6.32. The maximum absolute atomic E-state index is 14.8. The molecule has 0 bridgehead atoms. The van der Waals surface area contributed by atoms with Crippen LogP contribution in [0.3, 0.4) is 0 Å². The smallest absolute Gasteiger partial charge is 0.416 e.